The molecule has 0 bridgehead atoms. The van der Waals surface area contributed by atoms with E-state index in [0.29, 0.717) is 5.75 Å². The van der Waals surface area contributed by atoms with E-state index in [1.54, 1.807) is 24.5 Å². The van der Waals surface area contributed by atoms with Crippen molar-refractivity contribution in [3.8, 4) is 21.9 Å². The van der Waals surface area contributed by atoms with Gasteiger partial charge in [-0.05, 0) is 59.5 Å². The molecule has 3 nitrogen and oxygen atoms in total. The summed E-state index contributed by atoms with van der Waals surface area (Å²) >= 11 is 13.4. The molecule has 0 atom stereocenters. The Morgan fingerprint density at radius 3 is 2.67 bits per heavy atom. The molecule has 3 aromatic rings. The molecule has 1 heterocycles. The molecule has 0 saturated carbocycles. The van der Waals surface area contributed by atoms with E-state index in [1.807, 2.05) is 35.7 Å². The van der Waals surface area contributed by atoms with Crippen LogP contribution in [0.2, 0.25) is 10.0 Å². The van der Waals surface area contributed by atoms with Crippen molar-refractivity contribution < 1.29 is 45.6 Å². The van der Waals surface area contributed by atoms with Crippen molar-refractivity contribution in [1.82, 2.24) is 0 Å². The maximum atomic E-state index is 12.4. The molecule has 0 unspecified atom stereocenters. The van der Waals surface area contributed by atoms with Gasteiger partial charge in [-0.1, -0.05) is 29.3 Å². The Morgan fingerprint density at radius 2 is 2.00 bits per heavy atom. The minimum atomic E-state index is -0.385. The number of rotatable bonds is 5. The Kier molecular flexibility index (Phi) is 7.98. The average Bonchev–Trinajstić information content (AvgIpc) is 3.19. The molecule has 3 rings (SSSR count). The summed E-state index contributed by atoms with van der Waals surface area (Å²) in [4.78, 5) is 13.5. The first-order valence-electron chi connectivity index (χ1n) is 7.62. The van der Waals surface area contributed by atoms with Gasteiger partial charge < -0.3 is 11.3 Å². The Balaban J connectivity index is 0.00000196. The summed E-state index contributed by atoms with van der Waals surface area (Å²) in [6.07, 6.45) is 3.02. The quantitative estimate of drug-likeness (QED) is 0.384. The fraction of sp³-hybridized carbons (Fsp3) is 0.0500. The van der Waals surface area contributed by atoms with Crippen LogP contribution in [0.1, 0.15) is 17.3 Å². The standard InChI is InChI=1S/C20H14Cl2O3S.Na.H/c1-25-17-9-5-13(18-3-2-10-26-18)11-12(17)4-8-16(23)14-6-7-15(21)19(22)20(14)24;;/h2-11,24H,1H3;;/q;+1;-1/b8-4+;;. The summed E-state index contributed by atoms with van der Waals surface area (Å²) in [5, 5.41) is 12.2. The molecule has 0 spiro atoms. The van der Waals surface area contributed by atoms with Crippen LogP contribution >= 0.6 is 34.5 Å². The first kappa shape index (κ1) is 22.0. The van der Waals surface area contributed by atoms with Gasteiger partial charge in [-0.15, -0.1) is 11.3 Å². The van der Waals surface area contributed by atoms with E-state index < -0.39 is 0 Å². The van der Waals surface area contributed by atoms with Crippen LogP contribution in [-0.2, 0) is 0 Å². The van der Waals surface area contributed by atoms with Crippen molar-refractivity contribution in [3.63, 3.8) is 0 Å². The van der Waals surface area contributed by atoms with Crippen molar-refractivity contribution >= 4 is 46.4 Å². The number of methoxy groups -OCH3 is 1. The fourth-order valence-electron chi connectivity index (χ4n) is 2.45. The maximum absolute atomic E-state index is 12.4. The number of phenolic OH excluding ortho intramolecular Hbond substituents is 1. The zero-order valence-corrected chi connectivity index (χ0v) is 19.0. The molecule has 0 aliphatic rings. The molecular weight excluding hydrogens is 414 g/mol. The molecule has 134 valence electrons. The van der Waals surface area contributed by atoms with Gasteiger partial charge in [0.1, 0.15) is 16.5 Å². The van der Waals surface area contributed by atoms with E-state index in [2.05, 4.69) is 0 Å². The van der Waals surface area contributed by atoms with Gasteiger partial charge in [0.15, 0.2) is 5.78 Å². The number of carbonyl (C=O) groups is 1. The summed E-state index contributed by atoms with van der Waals surface area (Å²) in [6, 6.07) is 12.7. The summed E-state index contributed by atoms with van der Waals surface area (Å²) in [6.45, 7) is 0. The number of benzene rings is 2. The molecule has 0 amide bonds. The first-order chi connectivity index (χ1) is 12.5. The van der Waals surface area contributed by atoms with Crippen LogP contribution in [0.25, 0.3) is 16.5 Å². The largest absolute Gasteiger partial charge is 1.00 e. The Labute approximate surface area is 195 Å². The van der Waals surface area contributed by atoms with Crippen molar-refractivity contribution in [3.05, 3.63) is 75.1 Å². The van der Waals surface area contributed by atoms with E-state index in [4.69, 9.17) is 27.9 Å². The third-order valence-electron chi connectivity index (χ3n) is 3.78. The topological polar surface area (TPSA) is 46.5 Å². The van der Waals surface area contributed by atoms with Crippen LogP contribution in [0.4, 0.5) is 0 Å². The van der Waals surface area contributed by atoms with E-state index >= 15 is 0 Å². The first-order valence-corrected chi connectivity index (χ1v) is 9.26. The molecule has 0 fully saturated rings. The molecule has 7 heteroatoms. The SMILES string of the molecule is COc1ccc(-c2cccs2)cc1/C=C/C(=O)c1ccc(Cl)c(Cl)c1O.[H-].[Na+]. The summed E-state index contributed by atoms with van der Waals surface area (Å²) < 4.78 is 5.37. The van der Waals surface area contributed by atoms with Gasteiger partial charge >= 0.3 is 29.6 Å². The number of allylic oxidation sites excluding steroid dienone is 1. The van der Waals surface area contributed by atoms with Crippen molar-refractivity contribution in [2.24, 2.45) is 0 Å². The number of ether oxygens (including phenoxy) is 1. The predicted molar refractivity (Wildman–Crippen MR) is 109 cm³/mol. The average molecular weight is 429 g/mol. The van der Waals surface area contributed by atoms with Gasteiger partial charge in [-0.2, -0.15) is 0 Å². The van der Waals surface area contributed by atoms with Gasteiger partial charge in [0.2, 0.25) is 0 Å². The fourth-order valence-corrected chi connectivity index (χ4v) is 3.50. The third-order valence-corrected chi connectivity index (χ3v) is 5.50. The van der Waals surface area contributed by atoms with Gasteiger partial charge in [0, 0.05) is 10.4 Å². The molecule has 27 heavy (non-hydrogen) atoms. The van der Waals surface area contributed by atoms with Gasteiger partial charge in [0.25, 0.3) is 0 Å². The number of aromatic hydroxyl groups is 1. The van der Waals surface area contributed by atoms with Gasteiger partial charge in [0.05, 0.1) is 17.7 Å². The van der Waals surface area contributed by atoms with Gasteiger partial charge in [-0.3, -0.25) is 4.79 Å². The van der Waals surface area contributed by atoms with Crippen LogP contribution < -0.4 is 34.3 Å². The molecule has 0 aliphatic carbocycles. The van der Waals surface area contributed by atoms with Crippen LogP contribution in [-0.4, -0.2) is 18.0 Å². The van der Waals surface area contributed by atoms with E-state index in [9.17, 15) is 9.90 Å². The normalized spacial score (nSPS) is 10.6. The van der Waals surface area contributed by atoms with E-state index in [1.165, 1.54) is 18.2 Å². The molecular formula is C20H15Cl2NaO3S. The molecule has 1 aromatic heterocycles. The Bertz CT molecular complexity index is 991. The molecule has 1 N–H and O–H groups in total. The number of hydrogen-bond donors (Lipinski definition) is 1. The maximum Gasteiger partial charge on any atom is 1.00 e. The minimum absolute atomic E-state index is 0. The van der Waals surface area contributed by atoms with Crippen molar-refractivity contribution in [2.75, 3.05) is 7.11 Å². The second-order valence-electron chi connectivity index (χ2n) is 5.39. The van der Waals surface area contributed by atoms with Crippen LogP contribution in [0.3, 0.4) is 0 Å². The zero-order chi connectivity index (χ0) is 18.7. The number of phenols is 1. The second-order valence-corrected chi connectivity index (χ2v) is 7.12. The monoisotopic (exact) mass is 428 g/mol. The third kappa shape index (κ3) is 4.96. The number of carbonyl (C=O) groups excluding carboxylic acids is 1. The molecule has 0 aliphatic heterocycles. The molecule has 2 aromatic carbocycles. The second kappa shape index (κ2) is 9.78. The summed E-state index contributed by atoms with van der Waals surface area (Å²) in [5.74, 6) is -0.0644. The summed E-state index contributed by atoms with van der Waals surface area (Å²) in [7, 11) is 1.57. The molecule has 0 saturated heterocycles. The number of halogens is 2. The van der Waals surface area contributed by atoms with E-state index in [-0.39, 0.29) is 58.1 Å². The number of thiophene rings is 1. The molecule has 0 radical (unpaired) electrons. The zero-order valence-electron chi connectivity index (χ0n) is 15.7. The Morgan fingerprint density at radius 1 is 1.22 bits per heavy atom. The van der Waals surface area contributed by atoms with Crippen LogP contribution in [0.5, 0.6) is 11.5 Å². The predicted octanol–water partition coefficient (Wildman–Crippen LogP) is 3.45. The smallest absolute Gasteiger partial charge is 1.00 e. The van der Waals surface area contributed by atoms with Crippen molar-refractivity contribution in [2.45, 2.75) is 0 Å². The van der Waals surface area contributed by atoms with E-state index in [0.717, 1.165) is 16.0 Å². The van der Waals surface area contributed by atoms with Crippen LogP contribution in [0, 0.1) is 0 Å². The number of hydrogen-bond acceptors (Lipinski definition) is 4. The summed E-state index contributed by atoms with van der Waals surface area (Å²) in [5.41, 5.74) is 1.88. The van der Waals surface area contributed by atoms with Gasteiger partial charge in [-0.25, -0.2) is 0 Å². The number of ketones is 1. The Hall–Kier alpha value is -1.27. The minimum Gasteiger partial charge on any atom is -1.00 e. The van der Waals surface area contributed by atoms with Crippen LogP contribution in [0.15, 0.2) is 53.9 Å². The van der Waals surface area contributed by atoms with Crippen molar-refractivity contribution in [1.29, 1.82) is 0 Å².